The Bertz CT molecular complexity index is 896. The van der Waals surface area contributed by atoms with Crippen molar-refractivity contribution in [2.45, 2.75) is 13.1 Å². The van der Waals surface area contributed by atoms with Crippen LogP contribution < -0.4 is 5.73 Å². The SMILES string of the molecule is NCc1c(-c2ccc(F)cc2Cl)ncn1Cc1cc(Br)ccc1F. The highest BCUT2D eigenvalue weighted by atomic mass is 79.9. The van der Waals surface area contributed by atoms with Crippen molar-refractivity contribution in [3.63, 3.8) is 0 Å². The van der Waals surface area contributed by atoms with E-state index in [1.807, 2.05) is 0 Å². The maximum Gasteiger partial charge on any atom is 0.128 e. The molecular weight excluding hydrogens is 400 g/mol. The van der Waals surface area contributed by atoms with Crippen LogP contribution >= 0.6 is 27.5 Å². The minimum Gasteiger partial charge on any atom is -0.328 e. The highest BCUT2D eigenvalue weighted by Crippen LogP contribution is 2.30. The molecule has 0 bridgehead atoms. The minimum atomic E-state index is -0.423. The van der Waals surface area contributed by atoms with Gasteiger partial charge in [-0.15, -0.1) is 0 Å². The van der Waals surface area contributed by atoms with Crippen molar-refractivity contribution in [2.75, 3.05) is 0 Å². The van der Waals surface area contributed by atoms with Gasteiger partial charge in [0.25, 0.3) is 0 Å². The third-order valence-corrected chi connectivity index (χ3v) is 4.48. The Morgan fingerprint density at radius 2 is 1.96 bits per heavy atom. The topological polar surface area (TPSA) is 43.8 Å². The summed E-state index contributed by atoms with van der Waals surface area (Å²) >= 11 is 9.45. The average molecular weight is 413 g/mol. The molecule has 0 saturated carbocycles. The van der Waals surface area contributed by atoms with E-state index in [0.717, 1.165) is 4.47 Å². The van der Waals surface area contributed by atoms with Gasteiger partial charge < -0.3 is 10.3 Å². The Balaban J connectivity index is 2.02. The van der Waals surface area contributed by atoms with Crippen molar-refractivity contribution in [2.24, 2.45) is 5.73 Å². The number of halogens is 4. The van der Waals surface area contributed by atoms with Crippen molar-refractivity contribution in [3.05, 3.63) is 75.1 Å². The molecule has 0 atom stereocenters. The number of aromatic nitrogens is 2. The third kappa shape index (κ3) is 3.36. The van der Waals surface area contributed by atoms with Crippen molar-refractivity contribution >= 4 is 27.5 Å². The number of nitrogens with zero attached hydrogens (tertiary/aromatic N) is 2. The fourth-order valence-electron chi connectivity index (χ4n) is 2.51. The zero-order valence-electron chi connectivity index (χ0n) is 12.4. The van der Waals surface area contributed by atoms with Gasteiger partial charge in [-0.05, 0) is 36.4 Å². The number of nitrogens with two attached hydrogens (primary N) is 1. The van der Waals surface area contributed by atoms with Crippen LogP contribution in [-0.4, -0.2) is 9.55 Å². The first-order valence-corrected chi connectivity index (χ1v) is 8.30. The number of hydrogen-bond donors (Lipinski definition) is 1. The normalized spacial score (nSPS) is 11.0. The van der Waals surface area contributed by atoms with Gasteiger partial charge in [0, 0.05) is 22.1 Å². The van der Waals surface area contributed by atoms with Gasteiger partial charge in [0.05, 0.1) is 29.3 Å². The van der Waals surface area contributed by atoms with Gasteiger partial charge in [0.2, 0.25) is 0 Å². The second-order valence-electron chi connectivity index (χ2n) is 5.23. The van der Waals surface area contributed by atoms with Crippen LogP contribution in [0.4, 0.5) is 8.78 Å². The van der Waals surface area contributed by atoms with Crippen LogP contribution in [0.5, 0.6) is 0 Å². The monoisotopic (exact) mass is 411 g/mol. The zero-order chi connectivity index (χ0) is 17.3. The van der Waals surface area contributed by atoms with E-state index in [0.29, 0.717) is 22.5 Å². The van der Waals surface area contributed by atoms with Gasteiger partial charge in [-0.2, -0.15) is 0 Å². The van der Waals surface area contributed by atoms with E-state index >= 15 is 0 Å². The molecule has 1 heterocycles. The molecule has 7 heteroatoms. The fourth-order valence-corrected chi connectivity index (χ4v) is 3.18. The van der Waals surface area contributed by atoms with Crippen molar-refractivity contribution in [3.8, 4) is 11.3 Å². The van der Waals surface area contributed by atoms with Crippen molar-refractivity contribution in [1.82, 2.24) is 9.55 Å². The van der Waals surface area contributed by atoms with Crippen LogP contribution in [-0.2, 0) is 13.1 Å². The van der Waals surface area contributed by atoms with Crippen molar-refractivity contribution < 1.29 is 8.78 Å². The lowest BCUT2D eigenvalue weighted by molar-refractivity contribution is 0.595. The van der Waals surface area contributed by atoms with Crippen LogP contribution in [0.15, 0.2) is 47.2 Å². The molecule has 0 aliphatic heterocycles. The molecular formula is C17H13BrClF2N3. The number of imidazole rings is 1. The summed E-state index contributed by atoms with van der Waals surface area (Å²) in [5.41, 5.74) is 8.22. The van der Waals surface area contributed by atoms with Gasteiger partial charge in [0.1, 0.15) is 11.6 Å². The molecule has 0 saturated heterocycles. The van der Waals surface area contributed by atoms with Gasteiger partial charge >= 0.3 is 0 Å². The van der Waals surface area contributed by atoms with E-state index in [9.17, 15) is 8.78 Å². The first-order chi connectivity index (χ1) is 11.5. The van der Waals surface area contributed by atoms with Crippen LogP contribution in [0.25, 0.3) is 11.3 Å². The molecule has 24 heavy (non-hydrogen) atoms. The Hall–Kier alpha value is -1.76. The van der Waals surface area contributed by atoms with Crippen LogP contribution in [0.1, 0.15) is 11.3 Å². The first-order valence-electron chi connectivity index (χ1n) is 7.13. The summed E-state index contributed by atoms with van der Waals surface area (Å²) in [4.78, 5) is 4.34. The van der Waals surface area contributed by atoms with E-state index in [2.05, 4.69) is 20.9 Å². The predicted molar refractivity (Wildman–Crippen MR) is 93.7 cm³/mol. The first kappa shape index (κ1) is 17.1. The summed E-state index contributed by atoms with van der Waals surface area (Å²) in [6.07, 6.45) is 1.58. The number of hydrogen-bond acceptors (Lipinski definition) is 2. The molecule has 0 unspecified atom stereocenters. The Kier molecular flexibility index (Phi) is 4.99. The number of rotatable bonds is 4. The van der Waals surface area contributed by atoms with E-state index in [1.165, 1.54) is 18.2 Å². The number of benzene rings is 2. The van der Waals surface area contributed by atoms with E-state index in [4.69, 9.17) is 17.3 Å². The van der Waals surface area contributed by atoms with Crippen LogP contribution in [0, 0.1) is 11.6 Å². The molecule has 0 aliphatic carbocycles. The zero-order valence-corrected chi connectivity index (χ0v) is 14.8. The van der Waals surface area contributed by atoms with E-state index in [1.54, 1.807) is 29.1 Å². The lowest BCUT2D eigenvalue weighted by atomic mass is 10.1. The smallest absolute Gasteiger partial charge is 0.128 e. The van der Waals surface area contributed by atoms with E-state index in [-0.39, 0.29) is 23.9 Å². The highest BCUT2D eigenvalue weighted by Gasteiger charge is 2.16. The average Bonchev–Trinajstić information content (AvgIpc) is 2.93. The minimum absolute atomic E-state index is 0.193. The maximum absolute atomic E-state index is 14.0. The highest BCUT2D eigenvalue weighted by molar-refractivity contribution is 9.10. The molecule has 0 fully saturated rings. The summed E-state index contributed by atoms with van der Waals surface area (Å²) in [5, 5.41) is 0.253. The van der Waals surface area contributed by atoms with Crippen LogP contribution in [0.3, 0.4) is 0 Å². The largest absolute Gasteiger partial charge is 0.328 e. The molecule has 1 aromatic heterocycles. The molecule has 0 spiro atoms. The second-order valence-corrected chi connectivity index (χ2v) is 6.55. The lowest BCUT2D eigenvalue weighted by Gasteiger charge is -2.10. The summed E-state index contributed by atoms with van der Waals surface area (Å²) in [7, 11) is 0. The summed E-state index contributed by atoms with van der Waals surface area (Å²) in [6, 6.07) is 8.85. The molecule has 3 nitrogen and oxygen atoms in total. The summed E-state index contributed by atoms with van der Waals surface area (Å²) in [6.45, 7) is 0.474. The molecule has 0 aliphatic rings. The Labute approximate surface area is 151 Å². The van der Waals surface area contributed by atoms with Crippen molar-refractivity contribution in [1.29, 1.82) is 0 Å². The molecule has 2 N–H and O–H groups in total. The van der Waals surface area contributed by atoms with Crippen LogP contribution in [0.2, 0.25) is 5.02 Å². The summed E-state index contributed by atoms with van der Waals surface area (Å²) < 4.78 is 29.8. The standard InChI is InChI=1S/C17H13BrClF2N3/c18-11-1-4-15(21)10(5-11)8-24-9-23-17(16(24)7-22)13-3-2-12(20)6-14(13)19/h1-6,9H,7-8,22H2. The summed E-state index contributed by atoms with van der Waals surface area (Å²) in [5.74, 6) is -0.732. The predicted octanol–water partition coefficient (Wildman–Crippen LogP) is 4.75. The van der Waals surface area contributed by atoms with Gasteiger partial charge in [-0.1, -0.05) is 27.5 Å². The third-order valence-electron chi connectivity index (χ3n) is 3.67. The fraction of sp³-hybridized carbons (Fsp3) is 0.118. The molecule has 3 rings (SSSR count). The Morgan fingerprint density at radius 3 is 2.67 bits per heavy atom. The van der Waals surface area contributed by atoms with Gasteiger partial charge in [-0.3, -0.25) is 0 Å². The molecule has 2 aromatic carbocycles. The molecule has 3 aromatic rings. The van der Waals surface area contributed by atoms with E-state index < -0.39 is 5.82 Å². The molecule has 0 radical (unpaired) electrons. The Morgan fingerprint density at radius 1 is 1.17 bits per heavy atom. The lowest BCUT2D eigenvalue weighted by Crippen LogP contribution is -2.09. The maximum atomic E-state index is 14.0. The molecule has 0 amide bonds. The quantitative estimate of drug-likeness (QED) is 0.672. The van der Waals surface area contributed by atoms with Gasteiger partial charge in [-0.25, -0.2) is 13.8 Å². The second kappa shape index (κ2) is 7.01. The molecule has 124 valence electrons. The van der Waals surface area contributed by atoms with Gasteiger partial charge in [0.15, 0.2) is 0 Å².